The number of likely N-dealkylation sites (tertiary alicyclic amines) is 1. The number of nitrogen functional groups attached to an aromatic ring is 2. The van der Waals surface area contributed by atoms with Crippen molar-refractivity contribution in [1.82, 2.24) is 19.9 Å². The molecule has 1 fully saturated rings. The molecule has 4 N–H and O–H groups in total. The number of nitrogens with two attached hydrogens (primary N) is 2. The summed E-state index contributed by atoms with van der Waals surface area (Å²) in [7, 11) is 0. The molecule has 8 nitrogen and oxygen atoms in total. The van der Waals surface area contributed by atoms with Crippen molar-refractivity contribution in [3.8, 4) is 5.75 Å². The molecule has 0 saturated carbocycles. The third kappa shape index (κ3) is 4.17. The largest absolute Gasteiger partial charge is 0.492 e. The Morgan fingerprint density at radius 2 is 1.97 bits per heavy atom. The SMILES string of the molecule is Nc1nc(N)c2c(OCC3CCN(C(=O)c4ccc(Cl)nc4)CC3)cccc2n1. The van der Waals surface area contributed by atoms with Gasteiger partial charge in [-0.3, -0.25) is 4.79 Å². The van der Waals surface area contributed by atoms with Gasteiger partial charge in [0.05, 0.1) is 23.1 Å². The minimum Gasteiger partial charge on any atom is -0.492 e. The molecule has 1 aliphatic heterocycles. The number of piperidine rings is 1. The first-order chi connectivity index (χ1) is 14.0. The van der Waals surface area contributed by atoms with Crippen LogP contribution in [0.25, 0.3) is 10.9 Å². The summed E-state index contributed by atoms with van der Waals surface area (Å²) in [5.41, 5.74) is 12.9. The number of fused-ring (bicyclic) bond motifs is 1. The first-order valence-electron chi connectivity index (χ1n) is 9.36. The highest BCUT2D eigenvalue weighted by molar-refractivity contribution is 6.29. The van der Waals surface area contributed by atoms with E-state index in [0.717, 1.165) is 12.8 Å². The van der Waals surface area contributed by atoms with E-state index in [1.807, 2.05) is 23.1 Å². The Bertz CT molecular complexity index is 1040. The molecule has 3 heterocycles. The molecule has 29 heavy (non-hydrogen) atoms. The standard InChI is InChI=1S/C20H21ClN6O2/c21-16-5-4-13(10-24-16)19(28)27-8-6-12(7-9-27)11-29-15-3-1-2-14-17(15)18(22)26-20(23)25-14/h1-5,10,12H,6-9,11H2,(H4,22,23,25,26). The van der Waals surface area contributed by atoms with E-state index in [-0.39, 0.29) is 11.9 Å². The van der Waals surface area contributed by atoms with Crippen LogP contribution in [-0.4, -0.2) is 45.5 Å². The highest BCUT2D eigenvalue weighted by Crippen LogP contribution is 2.30. The molecule has 0 atom stereocenters. The summed E-state index contributed by atoms with van der Waals surface area (Å²) < 4.78 is 6.04. The average Bonchev–Trinajstić information content (AvgIpc) is 2.72. The van der Waals surface area contributed by atoms with Crippen LogP contribution in [0.2, 0.25) is 5.15 Å². The van der Waals surface area contributed by atoms with E-state index in [0.29, 0.717) is 58.8 Å². The van der Waals surface area contributed by atoms with Crippen LogP contribution in [0.5, 0.6) is 5.75 Å². The normalized spacial score (nSPS) is 14.9. The number of benzene rings is 1. The number of ether oxygens (including phenoxy) is 1. The number of hydrogen-bond donors (Lipinski definition) is 2. The van der Waals surface area contributed by atoms with E-state index in [1.54, 1.807) is 12.1 Å². The topological polar surface area (TPSA) is 120 Å². The van der Waals surface area contributed by atoms with Crippen LogP contribution in [0, 0.1) is 5.92 Å². The number of halogens is 1. The Hall–Kier alpha value is -3.13. The molecule has 0 radical (unpaired) electrons. The van der Waals surface area contributed by atoms with Crippen molar-refractivity contribution in [2.45, 2.75) is 12.8 Å². The van der Waals surface area contributed by atoms with Gasteiger partial charge in [0.2, 0.25) is 5.95 Å². The van der Waals surface area contributed by atoms with Gasteiger partial charge in [-0.05, 0) is 43.0 Å². The second-order valence-corrected chi connectivity index (χ2v) is 7.42. The third-order valence-corrected chi connectivity index (χ3v) is 5.30. The number of anilines is 2. The zero-order valence-electron chi connectivity index (χ0n) is 15.7. The molecule has 0 spiro atoms. The predicted molar refractivity (Wildman–Crippen MR) is 112 cm³/mol. The van der Waals surface area contributed by atoms with Crippen molar-refractivity contribution < 1.29 is 9.53 Å². The molecule has 1 amide bonds. The van der Waals surface area contributed by atoms with Crippen molar-refractivity contribution in [2.24, 2.45) is 5.92 Å². The second kappa shape index (κ2) is 8.08. The van der Waals surface area contributed by atoms with Gasteiger partial charge in [-0.2, -0.15) is 4.98 Å². The Morgan fingerprint density at radius 1 is 1.17 bits per heavy atom. The number of nitrogens with zero attached hydrogens (tertiary/aromatic N) is 4. The minimum atomic E-state index is -0.0231. The summed E-state index contributed by atoms with van der Waals surface area (Å²) >= 11 is 5.79. The zero-order valence-corrected chi connectivity index (χ0v) is 16.5. The lowest BCUT2D eigenvalue weighted by atomic mass is 9.97. The van der Waals surface area contributed by atoms with Crippen molar-refractivity contribution in [3.05, 3.63) is 47.2 Å². The molecular weight excluding hydrogens is 392 g/mol. The lowest BCUT2D eigenvalue weighted by molar-refractivity contribution is 0.0661. The fourth-order valence-corrected chi connectivity index (χ4v) is 3.63. The molecule has 1 aliphatic rings. The quantitative estimate of drug-likeness (QED) is 0.632. The Labute approximate surface area is 172 Å². The molecular formula is C20H21ClN6O2. The fraction of sp³-hybridized carbons (Fsp3) is 0.300. The van der Waals surface area contributed by atoms with Gasteiger partial charge in [0.1, 0.15) is 16.7 Å². The predicted octanol–water partition coefficient (Wildman–Crippen LogP) is 2.77. The smallest absolute Gasteiger partial charge is 0.255 e. The van der Waals surface area contributed by atoms with E-state index in [2.05, 4.69) is 15.0 Å². The minimum absolute atomic E-state index is 0.0231. The van der Waals surface area contributed by atoms with Crippen molar-refractivity contribution in [3.63, 3.8) is 0 Å². The number of rotatable bonds is 4. The van der Waals surface area contributed by atoms with E-state index in [1.165, 1.54) is 6.20 Å². The maximum absolute atomic E-state index is 12.6. The van der Waals surface area contributed by atoms with Gasteiger partial charge in [0.15, 0.2) is 0 Å². The maximum Gasteiger partial charge on any atom is 0.255 e. The van der Waals surface area contributed by atoms with E-state index < -0.39 is 0 Å². The number of hydrogen-bond acceptors (Lipinski definition) is 7. The zero-order chi connectivity index (χ0) is 20.4. The summed E-state index contributed by atoms with van der Waals surface area (Å²) in [6.45, 7) is 1.88. The Morgan fingerprint density at radius 3 is 2.69 bits per heavy atom. The fourth-order valence-electron chi connectivity index (χ4n) is 3.51. The Balaban J connectivity index is 1.37. The number of aromatic nitrogens is 3. The van der Waals surface area contributed by atoms with Gasteiger partial charge in [-0.25, -0.2) is 9.97 Å². The molecule has 0 unspecified atom stereocenters. The van der Waals surface area contributed by atoms with Gasteiger partial charge >= 0.3 is 0 Å². The van der Waals surface area contributed by atoms with Crippen LogP contribution in [0.1, 0.15) is 23.2 Å². The lowest BCUT2D eigenvalue weighted by Crippen LogP contribution is -2.39. The van der Waals surface area contributed by atoms with Crippen molar-refractivity contribution in [1.29, 1.82) is 0 Å². The van der Waals surface area contributed by atoms with E-state index in [9.17, 15) is 4.79 Å². The third-order valence-electron chi connectivity index (χ3n) is 5.08. The molecule has 9 heteroatoms. The van der Waals surface area contributed by atoms with Crippen LogP contribution >= 0.6 is 11.6 Å². The number of carbonyl (C=O) groups excluding carboxylic acids is 1. The van der Waals surface area contributed by atoms with E-state index >= 15 is 0 Å². The van der Waals surface area contributed by atoms with Crippen LogP contribution < -0.4 is 16.2 Å². The number of carbonyl (C=O) groups is 1. The Kier molecular flexibility index (Phi) is 5.35. The number of pyridine rings is 1. The molecule has 150 valence electrons. The highest BCUT2D eigenvalue weighted by Gasteiger charge is 2.24. The summed E-state index contributed by atoms with van der Waals surface area (Å²) in [5, 5.41) is 1.05. The van der Waals surface area contributed by atoms with Crippen LogP contribution in [0.15, 0.2) is 36.5 Å². The summed E-state index contributed by atoms with van der Waals surface area (Å²) in [4.78, 5) is 26.6. The van der Waals surface area contributed by atoms with Crippen LogP contribution in [-0.2, 0) is 0 Å². The van der Waals surface area contributed by atoms with Crippen molar-refractivity contribution >= 4 is 40.2 Å². The van der Waals surface area contributed by atoms with Gasteiger partial charge in [-0.1, -0.05) is 17.7 Å². The van der Waals surface area contributed by atoms with Gasteiger partial charge in [0, 0.05) is 19.3 Å². The van der Waals surface area contributed by atoms with Gasteiger partial charge in [0.25, 0.3) is 5.91 Å². The van der Waals surface area contributed by atoms with Gasteiger partial charge < -0.3 is 21.1 Å². The average molecular weight is 413 g/mol. The molecule has 0 aliphatic carbocycles. The summed E-state index contributed by atoms with van der Waals surface area (Å²) in [5.74, 6) is 1.41. The molecule has 1 aromatic carbocycles. The first-order valence-corrected chi connectivity index (χ1v) is 9.74. The molecule has 2 aromatic heterocycles. The van der Waals surface area contributed by atoms with Crippen LogP contribution in [0.3, 0.4) is 0 Å². The lowest BCUT2D eigenvalue weighted by Gasteiger charge is -2.32. The maximum atomic E-state index is 12.6. The first kappa shape index (κ1) is 19.2. The molecule has 3 aromatic rings. The molecule has 4 rings (SSSR count). The monoisotopic (exact) mass is 412 g/mol. The van der Waals surface area contributed by atoms with Crippen LogP contribution in [0.4, 0.5) is 11.8 Å². The van der Waals surface area contributed by atoms with Crippen molar-refractivity contribution in [2.75, 3.05) is 31.2 Å². The summed E-state index contributed by atoms with van der Waals surface area (Å²) in [6.07, 6.45) is 3.23. The molecule has 1 saturated heterocycles. The molecule has 0 bridgehead atoms. The number of amides is 1. The highest BCUT2D eigenvalue weighted by atomic mass is 35.5. The summed E-state index contributed by atoms with van der Waals surface area (Å²) in [6, 6.07) is 8.86. The van der Waals surface area contributed by atoms with Gasteiger partial charge in [-0.15, -0.1) is 0 Å². The van der Waals surface area contributed by atoms with E-state index in [4.69, 9.17) is 27.8 Å². The second-order valence-electron chi connectivity index (χ2n) is 7.03.